The Balaban J connectivity index is 0.000001000. The van der Waals surface area contributed by atoms with Gasteiger partial charge in [0.2, 0.25) is 0 Å². The van der Waals surface area contributed by atoms with Crippen LogP contribution in [0.25, 0.3) is 0 Å². The summed E-state index contributed by atoms with van der Waals surface area (Å²) in [5, 5.41) is 3.50. The van der Waals surface area contributed by atoms with Crippen molar-refractivity contribution in [1.82, 2.24) is 10.2 Å². The number of rotatable bonds is 3. The number of piperidine rings is 1. The Morgan fingerprint density at radius 3 is 2.30 bits per heavy atom. The van der Waals surface area contributed by atoms with E-state index < -0.39 is 0 Å². The second-order valence-electron chi connectivity index (χ2n) is 5.77. The molecule has 1 aromatic rings. The van der Waals surface area contributed by atoms with E-state index in [2.05, 4.69) is 34.5 Å². The third-order valence-electron chi connectivity index (χ3n) is 4.35. The molecule has 0 amide bonds. The molecule has 2 heterocycles. The molecule has 1 atom stereocenters. The predicted octanol–water partition coefficient (Wildman–Crippen LogP) is 3.59. The SMILES string of the molecule is Cl.Cl.c1cc(C2CCCNC2)ccc1CN1CCCC1. The molecular formula is C16H26Cl2N2. The molecule has 0 radical (unpaired) electrons. The van der Waals surface area contributed by atoms with Gasteiger partial charge in [-0.1, -0.05) is 24.3 Å². The van der Waals surface area contributed by atoms with Crippen LogP contribution in [0.4, 0.5) is 0 Å². The predicted molar refractivity (Wildman–Crippen MR) is 90.3 cm³/mol. The zero-order valence-electron chi connectivity index (χ0n) is 12.0. The summed E-state index contributed by atoms with van der Waals surface area (Å²) >= 11 is 0. The summed E-state index contributed by atoms with van der Waals surface area (Å²) in [7, 11) is 0. The first-order chi connectivity index (χ1) is 8.92. The van der Waals surface area contributed by atoms with Crippen molar-refractivity contribution >= 4 is 24.8 Å². The summed E-state index contributed by atoms with van der Waals surface area (Å²) in [6, 6.07) is 9.37. The van der Waals surface area contributed by atoms with Crippen molar-refractivity contribution in [3.63, 3.8) is 0 Å². The molecule has 3 rings (SSSR count). The van der Waals surface area contributed by atoms with Gasteiger partial charge in [0.05, 0.1) is 0 Å². The van der Waals surface area contributed by atoms with Crippen molar-refractivity contribution < 1.29 is 0 Å². The smallest absolute Gasteiger partial charge is 0.0233 e. The fraction of sp³-hybridized carbons (Fsp3) is 0.625. The molecule has 114 valence electrons. The van der Waals surface area contributed by atoms with Crippen LogP contribution < -0.4 is 5.32 Å². The van der Waals surface area contributed by atoms with Gasteiger partial charge >= 0.3 is 0 Å². The van der Waals surface area contributed by atoms with Crippen molar-refractivity contribution in [1.29, 1.82) is 0 Å². The summed E-state index contributed by atoms with van der Waals surface area (Å²) < 4.78 is 0. The van der Waals surface area contributed by atoms with Gasteiger partial charge in [-0.05, 0) is 62.4 Å². The van der Waals surface area contributed by atoms with Crippen LogP contribution in [0.15, 0.2) is 24.3 Å². The standard InChI is InChI=1S/C16H24N2.2ClH/c1-2-11-18(10-1)13-14-5-7-15(8-6-14)16-4-3-9-17-12-16;;/h5-8,16-17H,1-4,9-13H2;2*1H. The molecule has 2 aliphatic rings. The van der Waals surface area contributed by atoms with Gasteiger partial charge in [-0.25, -0.2) is 0 Å². The van der Waals surface area contributed by atoms with E-state index in [1.54, 1.807) is 0 Å². The molecule has 2 saturated heterocycles. The number of hydrogen-bond acceptors (Lipinski definition) is 2. The van der Waals surface area contributed by atoms with Crippen LogP contribution in [0.1, 0.15) is 42.7 Å². The van der Waals surface area contributed by atoms with E-state index in [9.17, 15) is 0 Å². The lowest BCUT2D eigenvalue weighted by molar-refractivity contribution is 0.331. The number of benzene rings is 1. The maximum atomic E-state index is 3.50. The highest BCUT2D eigenvalue weighted by Crippen LogP contribution is 2.23. The van der Waals surface area contributed by atoms with Crippen molar-refractivity contribution in [3.8, 4) is 0 Å². The molecule has 0 aliphatic carbocycles. The topological polar surface area (TPSA) is 15.3 Å². The van der Waals surface area contributed by atoms with Crippen molar-refractivity contribution in [2.24, 2.45) is 0 Å². The van der Waals surface area contributed by atoms with E-state index in [1.165, 1.54) is 56.4 Å². The van der Waals surface area contributed by atoms with Gasteiger partial charge in [-0.2, -0.15) is 0 Å². The van der Waals surface area contributed by atoms with Crippen molar-refractivity contribution in [2.45, 2.75) is 38.1 Å². The normalized spacial score (nSPS) is 22.9. The highest BCUT2D eigenvalue weighted by molar-refractivity contribution is 5.85. The van der Waals surface area contributed by atoms with Crippen molar-refractivity contribution in [3.05, 3.63) is 35.4 Å². The molecule has 2 fully saturated rings. The highest BCUT2D eigenvalue weighted by atomic mass is 35.5. The van der Waals surface area contributed by atoms with Gasteiger partial charge in [0, 0.05) is 13.1 Å². The van der Waals surface area contributed by atoms with Gasteiger partial charge < -0.3 is 5.32 Å². The van der Waals surface area contributed by atoms with Gasteiger partial charge in [0.25, 0.3) is 0 Å². The molecule has 0 bridgehead atoms. The van der Waals surface area contributed by atoms with Crippen LogP contribution in [0.2, 0.25) is 0 Å². The van der Waals surface area contributed by atoms with E-state index in [-0.39, 0.29) is 24.8 Å². The van der Waals surface area contributed by atoms with Crippen LogP contribution in [0.3, 0.4) is 0 Å². The second-order valence-corrected chi connectivity index (χ2v) is 5.77. The van der Waals surface area contributed by atoms with Crippen LogP contribution >= 0.6 is 24.8 Å². The largest absolute Gasteiger partial charge is 0.316 e. The van der Waals surface area contributed by atoms with Crippen molar-refractivity contribution in [2.75, 3.05) is 26.2 Å². The van der Waals surface area contributed by atoms with Crippen LogP contribution in [0.5, 0.6) is 0 Å². The van der Waals surface area contributed by atoms with Crippen LogP contribution in [0, 0.1) is 0 Å². The minimum Gasteiger partial charge on any atom is -0.316 e. The molecule has 2 nitrogen and oxygen atoms in total. The van der Waals surface area contributed by atoms with E-state index in [1.807, 2.05) is 0 Å². The minimum atomic E-state index is 0. The van der Waals surface area contributed by atoms with E-state index >= 15 is 0 Å². The van der Waals surface area contributed by atoms with Gasteiger partial charge in [0.15, 0.2) is 0 Å². The molecule has 2 aliphatic heterocycles. The molecule has 1 N–H and O–H groups in total. The maximum absolute atomic E-state index is 3.50. The van der Waals surface area contributed by atoms with E-state index in [0.29, 0.717) is 0 Å². The minimum absolute atomic E-state index is 0. The first-order valence-corrected chi connectivity index (χ1v) is 7.44. The first-order valence-electron chi connectivity index (χ1n) is 7.44. The highest BCUT2D eigenvalue weighted by Gasteiger charge is 2.15. The molecule has 1 unspecified atom stereocenters. The Kier molecular flexibility index (Phi) is 7.90. The van der Waals surface area contributed by atoms with Crippen LogP contribution in [-0.2, 0) is 6.54 Å². The fourth-order valence-electron chi connectivity index (χ4n) is 3.23. The summed E-state index contributed by atoms with van der Waals surface area (Å²) in [5.41, 5.74) is 3.00. The Bertz CT molecular complexity index is 369. The molecule has 0 aromatic heterocycles. The quantitative estimate of drug-likeness (QED) is 0.916. The Morgan fingerprint density at radius 1 is 1.00 bits per heavy atom. The first kappa shape index (κ1) is 17.8. The lowest BCUT2D eigenvalue weighted by Gasteiger charge is -2.23. The molecule has 0 saturated carbocycles. The second kappa shape index (κ2) is 8.89. The number of likely N-dealkylation sites (tertiary alicyclic amines) is 1. The maximum Gasteiger partial charge on any atom is 0.0233 e. The molecular weight excluding hydrogens is 291 g/mol. The Hall–Kier alpha value is -0.280. The van der Waals surface area contributed by atoms with Crippen LogP contribution in [-0.4, -0.2) is 31.1 Å². The molecule has 4 heteroatoms. The zero-order valence-corrected chi connectivity index (χ0v) is 13.6. The summed E-state index contributed by atoms with van der Waals surface area (Å²) in [6.07, 6.45) is 5.43. The Morgan fingerprint density at radius 2 is 1.70 bits per heavy atom. The number of hydrogen-bond donors (Lipinski definition) is 1. The summed E-state index contributed by atoms with van der Waals surface area (Å²) in [6.45, 7) is 6.07. The average molecular weight is 317 g/mol. The average Bonchev–Trinajstić information content (AvgIpc) is 2.94. The third kappa shape index (κ3) is 4.63. The molecule has 0 spiro atoms. The zero-order chi connectivity index (χ0) is 12.2. The monoisotopic (exact) mass is 316 g/mol. The Labute approximate surface area is 135 Å². The lowest BCUT2D eigenvalue weighted by Crippen LogP contribution is -2.28. The molecule has 1 aromatic carbocycles. The lowest BCUT2D eigenvalue weighted by atomic mass is 9.91. The summed E-state index contributed by atoms with van der Waals surface area (Å²) in [4.78, 5) is 2.57. The van der Waals surface area contributed by atoms with E-state index in [4.69, 9.17) is 0 Å². The van der Waals surface area contributed by atoms with E-state index in [0.717, 1.165) is 19.0 Å². The van der Waals surface area contributed by atoms with Gasteiger partial charge in [0.1, 0.15) is 0 Å². The summed E-state index contributed by atoms with van der Waals surface area (Å²) in [5.74, 6) is 0.736. The van der Waals surface area contributed by atoms with Gasteiger partial charge in [-0.3, -0.25) is 4.90 Å². The van der Waals surface area contributed by atoms with Gasteiger partial charge in [-0.15, -0.1) is 24.8 Å². The number of nitrogens with zero attached hydrogens (tertiary/aromatic N) is 1. The molecule has 20 heavy (non-hydrogen) atoms. The third-order valence-corrected chi connectivity index (χ3v) is 4.35. The fourth-order valence-corrected chi connectivity index (χ4v) is 3.23. The number of halogens is 2. The number of nitrogens with one attached hydrogen (secondary N) is 1.